The molecule has 0 amide bonds. The van der Waals surface area contributed by atoms with Crippen molar-refractivity contribution in [2.45, 2.75) is 33.0 Å². The van der Waals surface area contributed by atoms with Crippen molar-refractivity contribution in [3.8, 4) is 5.75 Å². The number of ether oxygens (including phenoxy) is 1. The zero-order valence-corrected chi connectivity index (χ0v) is 12.8. The number of rotatable bonds is 5. The molecule has 0 bridgehead atoms. The summed E-state index contributed by atoms with van der Waals surface area (Å²) >= 11 is 1.49. The lowest BCUT2D eigenvalue weighted by atomic mass is 10.1. The Bertz CT molecular complexity index is 734. The van der Waals surface area contributed by atoms with Crippen LogP contribution in [0, 0.1) is 0 Å². The number of hydrogen-bond acceptors (Lipinski definition) is 5. The highest BCUT2D eigenvalue weighted by molar-refractivity contribution is 7.16. The van der Waals surface area contributed by atoms with Crippen molar-refractivity contribution in [1.82, 2.24) is 14.6 Å². The minimum Gasteiger partial charge on any atom is -0.486 e. The van der Waals surface area contributed by atoms with Gasteiger partial charge in [-0.1, -0.05) is 43.4 Å². The van der Waals surface area contributed by atoms with Crippen LogP contribution >= 0.6 is 11.3 Å². The number of imidazole rings is 1. The van der Waals surface area contributed by atoms with Gasteiger partial charge in [0, 0.05) is 0 Å². The molecule has 5 nitrogen and oxygen atoms in total. The van der Waals surface area contributed by atoms with Gasteiger partial charge in [0.15, 0.2) is 5.01 Å². The second-order valence-electron chi connectivity index (χ2n) is 5.05. The summed E-state index contributed by atoms with van der Waals surface area (Å²) in [6, 6.07) is 9.64. The summed E-state index contributed by atoms with van der Waals surface area (Å²) in [7, 11) is 0. The maximum absolute atomic E-state index is 9.54. The monoisotopic (exact) mass is 303 g/mol. The van der Waals surface area contributed by atoms with Crippen molar-refractivity contribution in [2.24, 2.45) is 0 Å². The zero-order chi connectivity index (χ0) is 14.8. The third-order valence-corrected chi connectivity index (χ3v) is 4.05. The topological polar surface area (TPSA) is 59.7 Å². The van der Waals surface area contributed by atoms with Gasteiger partial charge >= 0.3 is 0 Å². The summed E-state index contributed by atoms with van der Waals surface area (Å²) in [6.45, 7) is 4.47. The predicted octanol–water partition coefficient (Wildman–Crippen LogP) is 2.99. The standard InChI is InChI=1S/C15H17N3O2S/c1-10(2)14-12(8-19)18-15(16-14)21-13(17-18)9-20-11-6-4-3-5-7-11/h3-7,10,19H,8-9H2,1-2H3. The molecule has 0 saturated carbocycles. The largest absolute Gasteiger partial charge is 0.486 e. The van der Waals surface area contributed by atoms with Crippen molar-refractivity contribution in [1.29, 1.82) is 0 Å². The molecule has 0 fully saturated rings. The molecule has 0 unspecified atom stereocenters. The molecule has 0 spiro atoms. The first-order valence-corrected chi connectivity index (χ1v) is 7.66. The molecule has 3 rings (SSSR count). The van der Waals surface area contributed by atoms with E-state index in [2.05, 4.69) is 23.9 Å². The summed E-state index contributed by atoms with van der Waals surface area (Å²) in [5.74, 6) is 1.08. The fourth-order valence-corrected chi connectivity index (χ4v) is 3.01. The van der Waals surface area contributed by atoms with E-state index in [1.165, 1.54) is 11.3 Å². The lowest BCUT2D eigenvalue weighted by Crippen LogP contribution is -2.01. The highest BCUT2D eigenvalue weighted by Crippen LogP contribution is 2.24. The first kappa shape index (κ1) is 14.0. The average molecular weight is 303 g/mol. The predicted molar refractivity (Wildman–Crippen MR) is 81.6 cm³/mol. The molecular formula is C15H17N3O2S. The molecule has 0 aliphatic rings. The van der Waals surface area contributed by atoms with Crippen LogP contribution in [0.3, 0.4) is 0 Å². The van der Waals surface area contributed by atoms with Crippen molar-refractivity contribution in [2.75, 3.05) is 0 Å². The van der Waals surface area contributed by atoms with Crippen LogP contribution < -0.4 is 4.74 Å². The molecule has 3 aromatic rings. The van der Waals surface area contributed by atoms with Crippen molar-refractivity contribution >= 4 is 16.3 Å². The minimum absolute atomic E-state index is 0.0581. The van der Waals surface area contributed by atoms with Crippen LogP contribution in [0.15, 0.2) is 30.3 Å². The Morgan fingerprint density at radius 2 is 2.05 bits per heavy atom. The normalized spacial score (nSPS) is 11.4. The summed E-state index contributed by atoms with van der Waals surface area (Å²) in [4.78, 5) is 5.36. The average Bonchev–Trinajstić information content (AvgIpc) is 3.03. The number of aliphatic hydroxyl groups excluding tert-OH is 1. The molecule has 110 valence electrons. The van der Waals surface area contributed by atoms with Crippen LogP contribution in [-0.4, -0.2) is 19.7 Å². The smallest absolute Gasteiger partial charge is 0.212 e. The Morgan fingerprint density at radius 3 is 2.71 bits per heavy atom. The molecule has 0 radical (unpaired) electrons. The maximum Gasteiger partial charge on any atom is 0.212 e. The Labute approximate surface area is 126 Å². The van der Waals surface area contributed by atoms with E-state index in [0.29, 0.717) is 6.61 Å². The van der Waals surface area contributed by atoms with Crippen LogP contribution in [-0.2, 0) is 13.2 Å². The van der Waals surface area contributed by atoms with Gasteiger partial charge in [-0.05, 0) is 18.1 Å². The molecule has 6 heteroatoms. The van der Waals surface area contributed by atoms with Gasteiger partial charge in [-0.25, -0.2) is 9.50 Å². The summed E-state index contributed by atoms with van der Waals surface area (Å²) in [6.07, 6.45) is 0. The number of nitrogens with zero attached hydrogens (tertiary/aromatic N) is 3. The second kappa shape index (κ2) is 5.83. The van der Waals surface area contributed by atoms with Crippen molar-refractivity contribution in [3.05, 3.63) is 46.7 Å². The summed E-state index contributed by atoms with van der Waals surface area (Å²) in [5, 5.41) is 14.9. The number of benzene rings is 1. The van der Waals surface area contributed by atoms with Crippen LogP contribution in [0.1, 0.15) is 36.2 Å². The van der Waals surface area contributed by atoms with E-state index < -0.39 is 0 Å². The van der Waals surface area contributed by atoms with Gasteiger partial charge < -0.3 is 9.84 Å². The number of para-hydroxylation sites is 1. The van der Waals surface area contributed by atoms with Crippen LogP contribution in [0.4, 0.5) is 0 Å². The fraction of sp³-hybridized carbons (Fsp3) is 0.333. The first-order chi connectivity index (χ1) is 10.2. The minimum atomic E-state index is -0.0581. The molecule has 0 saturated heterocycles. The highest BCUT2D eigenvalue weighted by Gasteiger charge is 2.18. The van der Waals surface area contributed by atoms with Crippen molar-refractivity contribution < 1.29 is 9.84 Å². The number of aliphatic hydroxyl groups is 1. The van der Waals surface area contributed by atoms with E-state index in [1.807, 2.05) is 30.3 Å². The quantitative estimate of drug-likeness (QED) is 0.787. The van der Waals surface area contributed by atoms with Gasteiger partial charge in [0.1, 0.15) is 12.4 Å². The zero-order valence-electron chi connectivity index (χ0n) is 12.0. The SMILES string of the molecule is CC(C)c1nc2sc(COc3ccccc3)nn2c1CO. The Balaban J connectivity index is 1.83. The number of fused-ring (bicyclic) bond motifs is 1. The van der Waals surface area contributed by atoms with Crippen LogP contribution in [0.5, 0.6) is 5.75 Å². The molecule has 1 N–H and O–H groups in total. The van der Waals surface area contributed by atoms with E-state index in [4.69, 9.17) is 4.74 Å². The van der Waals surface area contributed by atoms with Gasteiger partial charge in [0.25, 0.3) is 0 Å². The van der Waals surface area contributed by atoms with Gasteiger partial charge in [0.2, 0.25) is 4.96 Å². The lowest BCUT2D eigenvalue weighted by Gasteiger charge is -2.04. The van der Waals surface area contributed by atoms with Gasteiger partial charge in [-0.2, -0.15) is 5.10 Å². The Hall–Kier alpha value is -1.92. The van der Waals surface area contributed by atoms with Gasteiger partial charge in [-0.3, -0.25) is 0 Å². The van der Waals surface area contributed by atoms with Crippen LogP contribution in [0.25, 0.3) is 4.96 Å². The van der Waals surface area contributed by atoms with Gasteiger partial charge in [-0.15, -0.1) is 0 Å². The maximum atomic E-state index is 9.54. The summed E-state index contributed by atoms with van der Waals surface area (Å²) in [5.41, 5.74) is 1.67. The van der Waals surface area contributed by atoms with Crippen molar-refractivity contribution in [3.63, 3.8) is 0 Å². The molecule has 2 heterocycles. The van der Waals surface area contributed by atoms with E-state index in [9.17, 15) is 5.11 Å². The molecule has 0 aliphatic carbocycles. The summed E-state index contributed by atoms with van der Waals surface area (Å²) < 4.78 is 7.41. The van der Waals surface area contributed by atoms with E-state index >= 15 is 0 Å². The number of hydrogen-bond donors (Lipinski definition) is 1. The second-order valence-corrected chi connectivity index (χ2v) is 6.09. The lowest BCUT2D eigenvalue weighted by molar-refractivity contribution is 0.271. The molecule has 0 aliphatic heterocycles. The Morgan fingerprint density at radius 1 is 1.29 bits per heavy atom. The molecule has 2 aromatic heterocycles. The van der Waals surface area contributed by atoms with Gasteiger partial charge in [0.05, 0.1) is 18.0 Å². The third kappa shape index (κ3) is 2.77. The molecular weight excluding hydrogens is 286 g/mol. The number of aromatic nitrogens is 3. The van der Waals surface area contributed by atoms with E-state index in [0.717, 1.165) is 27.1 Å². The van der Waals surface area contributed by atoms with E-state index in [-0.39, 0.29) is 12.5 Å². The fourth-order valence-electron chi connectivity index (χ4n) is 2.18. The first-order valence-electron chi connectivity index (χ1n) is 6.85. The molecule has 21 heavy (non-hydrogen) atoms. The molecule has 0 atom stereocenters. The molecule has 1 aromatic carbocycles. The third-order valence-electron chi connectivity index (χ3n) is 3.17. The Kier molecular flexibility index (Phi) is 3.90. The van der Waals surface area contributed by atoms with Crippen LogP contribution in [0.2, 0.25) is 0 Å². The van der Waals surface area contributed by atoms with E-state index in [1.54, 1.807) is 4.52 Å². The highest BCUT2D eigenvalue weighted by atomic mass is 32.1.